The van der Waals surface area contributed by atoms with Gasteiger partial charge >= 0.3 is 0 Å². The average molecular weight is 316 g/mol. The van der Waals surface area contributed by atoms with E-state index in [1.165, 1.54) is 4.90 Å². The van der Waals surface area contributed by atoms with E-state index in [0.717, 1.165) is 12.1 Å². The molecule has 0 aromatic heterocycles. The number of anilines is 3. The molecule has 0 heterocycles. The lowest BCUT2D eigenvalue weighted by atomic mass is 10.1. The number of benzene rings is 1. The fourth-order valence-electron chi connectivity index (χ4n) is 1.92. The molecule has 22 heavy (non-hydrogen) atoms. The number of hydrogen-bond acceptors (Lipinski definition) is 10. The molecule has 1 aromatic carbocycles. The topological polar surface area (TPSA) is 180 Å². The van der Waals surface area contributed by atoms with Gasteiger partial charge in [-0.1, -0.05) is 0 Å². The Morgan fingerprint density at radius 3 is 1.95 bits per heavy atom. The molecule has 0 aliphatic carbocycles. The molecule has 0 aliphatic heterocycles. The Hall–Kier alpha value is -2.15. The van der Waals surface area contributed by atoms with E-state index >= 15 is 0 Å². The van der Waals surface area contributed by atoms with Crippen LogP contribution in [-0.2, 0) is 0 Å². The number of aliphatic hydroxyl groups is 2. The number of amides is 1. The monoisotopic (exact) mass is 316 g/mol. The molecular weight excluding hydrogens is 300 g/mol. The van der Waals surface area contributed by atoms with Crippen LogP contribution in [0.4, 0.5) is 17.1 Å². The number of carbonyl (C=O) groups excluding carboxylic acids is 1. The zero-order valence-electron chi connectivity index (χ0n) is 11.4. The summed E-state index contributed by atoms with van der Waals surface area (Å²) in [7, 11) is 0. The molecule has 6 N–H and O–H groups in total. The van der Waals surface area contributed by atoms with E-state index < -0.39 is 27.7 Å². The largest absolute Gasteiger partial charge is 0.769 e. The van der Waals surface area contributed by atoms with Crippen molar-refractivity contribution in [1.29, 1.82) is 0 Å². The van der Waals surface area contributed by atoms with E-state index in [-0.39, 0.29) is 37.6 Å². The number of hydrogen-bond donors (Lipinski definition) is 5. The van der Waals surface area contributed by atoms with Gasteiger partial charge in [-0.25, -0.2) is 0 Å². The van der Waals surface area contributed by atoms with Crippen LogP contribution in [0.3, 0.4) is 0 Å². The highest BCUT2D eigenvalue weighted by Gasteiger charge is 2.19. The van der Waals surface area contributed by atoms with E-state index in [2.05, 4.69) is 0 Å². The maximum absolute atomic E-state index is 11.4. The third-order valence-corrected chi connectivity index (χ3v) is 2.85. The fraction of sp³-hybridized carbons (Fsp3) is 0.364. The molecule has 1 aromatic rings. The Kier molecular flexibility index (Phi) is 6.30. The summed E-state index contributed by atoms with van der Waals surface area (Å²) in [5.41, 5.74) is 3.56. The van der Waals surface area contributed by atoms with Crippen LogP contribution in [0.15, 0.2) is 12.1 Å². The Balaban J connectivity index is 3.52. The fourth-order valence-corrected chi connectivity index (χ4v) is 1.92. The van der Waals surface area contributed by atoms with Crippen molar-refractivity contribution in [2.24, 2.45) is 5.73 Å². The molecule has 0 bridgehead atoms. The van der Waals surface area contributed by atoms with Gasteiger partial charge < -0.3 is 36.5 Å². The number of nitrogens with zero attached hydrogens (tertiary/aromatic N) is 3. The van der Waals surface area contributed by atoms with Crippen LogP contribution in [0.2, 0.25) is 0 Å². The summed E-state index contributed by atoms with van der Waals surface area (Å²) in [6.45, 7) is -0.782. The van der Waals surface area contributed by atoms with E-state index in [1.807, 2.05) is 0 Å². The molecule has 0 saturated heterocycles. The van der Waals surface area contributed by atoms with Crippen LogP contribution in [0.5, 0.6) is 0 Å². The summed E-state index contributed by atoms with van der Waals surface area (Å²) >= 11 is 0. The highest BCUT2D eigenvalue weighted by Crippen LogP contribution is 2.35. The number of aliphatic hydroxyl groups excluding tert-OH is 2. The summed E-state index contributed by atoms with van der Waals surface area (Å²) in [5.74, 6) is -1.04. The summed E-state index contributed by atoms with van der Waals surface area (Å²) in [5, 5.41) is 57.2. The summed E-state index contributed by atoms with van der Waals surface area (Å²) in [6.07, 6.45) is 0. The predicted octanol–water partition coefficient (Wildman–Crippen LogP) is -1.04. The first kappa shape index (κ1) is 17.9. The minimum atomic E-state index is -1.04. The van der Waals surface area contributed by atoms with Crippen molar-refractivity contribution in [3.63, 3.8) is 0 Å². The smallest absolute Gasteiger partial charge is 0.251 e. The number of carbonyl (C=O) groups is 1. The van der Waals surface area contributed by atoms with Crippen LogP contribution in [0.1, 0.15) is 10.4 Å². The molecule has 0 aliphatic rings. The van der Waals surface area contributed by atoms with Crippen molar-refractivity contribution < 1.29 is 25.4 Å². The molecule has 124 valence electrons. The third kappa shape index (κ3) is 3.94. The predicted molar refractivity (Wildman–Crippen MR) is 76.6 cm³/mol. The Bertz CT molecular complexity index is 517. The highest BCUT2D eigenvalue weighted by atomic mass is 16.8. The molecule has 1 rings (SSSR count). The van der Waals surface area contributed by atoms with Crippen LogP contribution in [0.25, 0.3) is 0 Å². The molecule has 1 amide bonds. The van der Waals surface area contributed by atoms with Gasteiger partial charge in [0.05, 0.1) is 24.5 Å². The number of rotatable bonds is 8. The first-order valence-corrected chi connectivity index (χ1v) is 6.10. The van der Waals surface area contributed by atoms with Crippen molar-refractivity contribution in [3.8, 4) is 0 Å². The van der Waals surface area contributed by atoms with Crippen LogP contribution >= 0.6 is 0 Å². The molecule has 0 radical (unpaired) electrons. The van der Waals surface area contributed by atoms with E-state index in [0.29, 0.717) is 0 Å². The SMILES string of the molecule is NC(=O)c1cc(N(CCO)CCO)c(N([O-])[O-])cc1N(O)O. The first-order chi connectivity index (χ1) is 10.3. The minimum absolute atomic E-state index is 0.0408. The number of nitrogens with two attached hydrogens (primary N) is 1. The molecule has 11 heteroatoms. The Labute approximate surface area is 125 Å². The lowest BCUT2D eigenvalue weighted by Gasteiger charge is -2.41. The van der Waals surface area contributed by atoms with Gasteiger partial charge in [-0.05, 0) is 12.1 Å². The second-order valence-electron chi connectivity index (χ2n) is 4.20. The minimum Gasteiger partial charge on any atom is -0.769 e. The van der Waals surface area contributed by atoms with Gasteiger partial charge in [0.1, 0.15) is 5.69 Å². The molecule has 0 saturated carbocycles. The van der Waals surface area contributed by atoms with Gasteiger partial charge in [0.15, 0.2) is 0 Å². The summed E-state index contributed by atoms with van der Waals surface area (Å²) in [6, 6.07) is 1.76. The zero-order valence-corrected chi connectivity index (χ0v) is 11.4. The normalized spacial score (nSPS) is 10.5. The maximum Gasteiger partial charge on any atom is 0.251 e. The van der Waals surface area contributed by atoms with E-state index in [9.17, 15) is 15.2 Å². The van der Waals surface area contributed by atoms with Crippen molar-refractivity contribution >= 4 is 23.0 Å². The van der Waals surface area contributed by atoms with Crippen molar-refractivity contribution in [3.05, 3.63) is 28.1 Å². The molecule has 11 nitrogen and oxygen atoms in total. The van der Waals surface area contributed by atoms with Gasteiger partial charge in [-0.15, -0.1) is 5.23 Å². The third-order valence-electron chi connectivity index (χ3n) is 2.85. The van der Waals surface area contributed by atoms with Crippen LogP contribution in [-0.4, -0.2) is 52.8 Å². The van der Waals surface area contributed by atoms with Gasteiger partial charge in [-0.3, -0.25) is 15.2 Å². The zero-order chi connectivity index (χ0) is 16.9. The Morgan fingerprint density at radius 1 is 1.05 bits per heavy atom. The lowest BCUT2D eigenvalue weighted by molar-refractivity contribution is 0.0285. The van der Waals surface area contributed by atoms with Gasteiger partial charge in [-0.2, -0.15) is 0 Å². The van der Waals surface area contributed by atoms with E-state index in [1.54, 1.807) is 0 Å². The van der Waals surface area contributed by atoms with Crippen LogP contribution < -0.4 is 21.1 Å². The quantitative estimate of drug-likeness (QED) is 0.372. The second kappa shape index (κ2) is 7.74. The maximum atomic E-state index is 11.4. The van der Waals surface area contributed by atoms with Crippen molar-refractivity contribution in [2.75, 3.05) is 41.7 Å². The average Bonchev–Trinajstić information content (AvgIpc) is 2.45. The lowest BCUT2D eigenvalue weighted by Crippen LogP contribution is -2.31. The summed E-state index contributed by atoms with van der Waals surface area (Å²) in [4.78, 5) is 12.7. The molecule has 0 atom stereocenters. The Morgan fingerprint density at radius 2 is 1.59 bits per heavy atom. The van der Waals surface area contributed by atoms with E-state index in [4.69, 9.17) is 26.4 Å². The van der Waals surface area contributed by atoms with Gasteiger partial charge in [0, 0.05) is 18.8 Å². The van der Waals surface area contributed by atoms with Crippen LogP contribution in [0, 0.1) is 10.4 Å². The van der Waals surface area contributed by atoms with Gasteiger partial charge in [0.25, 0.3) is 5.91 Å². The standard InChI is InChI=1S/C11H16N4O7/c12-11(18)7-5-9(13(1-3-16)2-4-17)10(15(21)22)6-8(7)14(19)20/h5-6,16-17,19-20H,1-4H2,(H2,12,18)/q-2. The molecular formula is C11H16N4O7-2. The second-order valence-corrected chi connectivity index (χ2v) is 4.20. The van der Waals surface area contributed by atoms with Gasteiger partial charge in [0.2, 0.25) is 0 Å². The molecule has 0 fully saturated rings. The molecule has 0 unspecified atom stereocenters. The highest BCUT2D eigenvalue weighted by molar-refractivity contribution is 6.01. The summed E-state index contributed by atoms with van der Waals surface area (Å²) < 4.78 is 0. The number of primary amides is 1. The first-order valence-electron chi connectivity index (χ1n) is 6.10. The van der Waals surface area contributed by atoms with Crippen molar-refractivity contribution in [1.82, 2.24) is 0 Å². The molecule has 0 spiro atoms. The van der Waals surface area contributed by atoms with Crippen molar-refractivity contribution in [2.45, 2.75) is 0 Å².